The molecule has 0 N–H and O–H groups in total. The molecule has 0 radical (unpaired) electrons. The first-order valence-corrected chi connectivity index (χ1v) is 12.7. The van der Waals surface area contributed by atoms with E-state index >= 15 is 0 Å². The lowest BCUT2D eigenvalue weighted by Gasteiger charge is -2.40. The van der Waals surface area contributed by atoms with Crippen molar-refractivity contribution in [3.05, 3.63) is 65.5 Å². The third-order valence-corrected chi connectivity index (χ3v) is 8.06. The predicted molar refractivity (Wildman–Crippen MR) is 129 cm³/mol. The van der Waals surface area contributed by atoms with Crippen LogP contribution in [0.5, 0.6) is 0 Å². The maximum Gasteiger partial charge on any atom is 0.198 e. The van der Waals surface area contributed by atoms with Gasteiger partial charge in [0, 0.05) is 19.0 Å². The van der Waals surface area contributed by atoms with Gasteiger partial charge < -0.3 is 9.32 Å². The molecule has 2 aromatic carbocycles. The maximum absolute atomic E-state index is 6.03. The number of hydrogen-bond donors (Lipinski definition) is 0. The van der Waals surface area contributed by atoms with E-state index in [0.717, 1.165) is 35.4 Å². The summed E-state index contributed by atoms with van der Waals surface area (Å²) in [5.74, 6) is 3.07. The van der Waals surface area contributed by atoms with Crippen LogP contribution in [-0.4, -0.2) is 47.5 Å². The van der Waals surface area contributed by atoms with Gasteiger partial charge in [-0.25, -0.2) is 4.98 Å². The molecule has 2 saturated heterocycles. The van der Waals surface area contributed by atoms with Gasteiger partial charge in [-0.15, -0.1) is 0 Å². The van der Waals surface area contributed by atoms with E-state index in [1.165, 1.54) is 76.8 Å². The van der Waals surface area contributed by atoms with Crippen molar-refractivity contribution in [1.82, 2.24) is 14.8 Å². The highest BCUT2D eigenvalue weighted by Crippen LogP contribution is 2.42. The average molecular weight is 430 g/mol. The fourth-order valence-electron chi connectivity index (χ4n) is 6.04. The van der Waals surface area contributed by atoms with Crippen molar-refractivity contribution < 1.29 is 4.42 Å². The molecule has 1 saturated carbocycles. The molecule has 3 fully saturated rings. The zero-order valence-corrected chi connectivity index (χ0v) is 19.1. The number of aromatic nitrogens is 1. The van der Waals surface area contributed by atoms with Crippen molar-refractivity contribution in [1.29, 1.82) is 0 Å². The molecule has 0 amide bonds. The first-order valence-electron chi connectivity index (χ1n) is 12.7. The van der Waals surface area contributed by atoms with Crippen molar-refractivity contribution in [2.45, 2.75) is 56.9 Å². The number of likely N-dealkylation sites (tertiary alicyclic amines) is 2. The van der Waals surface area contributed by atoms with E-state index in [1.54, 1.807) is 5.56 Å². The Morgan fingerprint density at radius 1 is 0.812 bits per heavy atom. The Morgan fingerprint density at radius 2 is 1.56 bits per heavy atom. The molecule has 0 atom stereocenters. The highest BCUT2D eigenvalue weighted by atomic mass is 16.3. The molecule has 3 heterocycles. The second kappa shape index (κ2) is 8.99. The van der Waals surface area contributed by atoms with Crippen molar-refractivity contribution in [3.63, 3.8) is 0 Å². The summed E-state index contributed by atoms with van der Waals surface area (Å²) in [5.41, 5.74) is 4.96. The lowest BCUT2D eigenvalue weighted by molar-refractivity contribution is 0.129. The Balaban J connectivity index is 0.954. The van der Waals surface area contributed by atoms with Gasteiger partial charge >= 0.3 is 0 Å². The summed E-state index contributed by atoms with van der Waals surface area (Å²) in [4.78, 5) is 10.0. The summed E-state index contributed by atoms with van der Waals surface area (Å²) in [7, 11) is 0. The number of piperidine rings is 1. The van der Waals surface area contributed by atoms with E-state index in [1.807, 2.05) is 24.3 Å². The van der Waals surface area contributed by atoms with E-state index in [2.05, 4.69) is 34.1 Å². The maximum atomic E-state index is 6.03. The summed E-state index contributed by atoms with van der Waals surface area (Å²) in [6, 6.07) is 17.7. The van der Waals surface area contributed by atoms with Crippen molar-refractivity contribution in [2.24, 2.45) is 5.92 Å². The molecule has 2 aliphatic heterocycles. The molecule has 3 aliphatic rings. The van der Waals surface area contributed by atoms with Crippen molar-refractivity contribution >= 4 is 11.1 Å². The van der Waals surface area contributed by atoms with Crippen LogP contribution >= 0.6 is 0 Å². The van der Waals surface area contributed by atoms with Crippen LogP contribution < -0.4 is 0 Å². The molecule has 6 rings (SSSR count). The third kappa shape index (κ3) is 4.35. The molecular weight excluding hydrogens is 394 g/mol. The molecular formula is C28H35N3O. The molecule has 0 bridgehead atoms. The zero-order valence-electron chi connectivity index (χ0n) is 19.1. The van der Waals surface area contributed by atoms with Gasteiger partial charge in [0.25, 0.3) is 0 Å². The van der Waals surface area contributed by atoms with Gasteiger partial charge in [-0.05, 0) is 99.8 Å². The first-order chi connectivity index (χ1) is 15.8. The third-order valence-electron chi connectivity index (χ3n) is 8.06. The summed E-state index contributed by atoms with van der Waals surface area (Å²) < 4.78 is 6.03. The fourth-order valence-corrected chi connectivity index (χ4v) is 6.04. The van der Waals surface area contributed by atoms with Crippen molar-refractivity contribution in [2.75, 3.05) is 32.7 Å². The summed E-state index contributed by atoms with van der Waals surface area (Å²) in [5, 5.41) is 0. The number of nitrogens with zero attached hydrogens (tertiary/aromatic N) is 3. The molecule has 0 unspecified atom stereocenters. The Labute approximate surface area is 191 Å². The summed E-state index contributed by atoms with van der Waals surface area (Å²) in [6.45, 7) is 7.30. The van der Waals surface area contributed by atoms with E-state index in [0.29, 0.717) is 5.92 Å². The van der Waals surface area contributed by atoms with Gasteiger partial charge in [0.05, 0.1) is 0 Å². The minimum atomic E-state index is 0.479. The minimum absolute atomic E-state index is 0.479. The van der Waals surface area contributed by atoms with Crippen LogP contribution in [0.25, 0.3) is 11.1 Å². The van der Waals surface area contributed by atoms with Gasteiger partial charge in [-0.1, -0.05) is 36.4 Å². The Kier molecular flexibility index (Phi) is 5.74. The SMILES string of the molecule is c1ccc2oc(C3CCN(CC4CC(c5ccc(CN6CCCC6)cc5)C4)CC3)nc2c1. The fraction of sp³-hybridized carbons (Fsp3) is 0.536. The number of oxazole rings is 1. The van der Waals surface area contributed by atoms with Crippen LogP contribution in [0, 0.1) is 5.92 Å². The van der Waals surface area contributed by atoms with E-state index in [-0.39, 0.29) is 0 Å². The van der Waals surface area contributed by atoms with Crippen LogP contribution in [0.2, 0.25) is 0 Å². The average Bonchev–Trinajstić information content (AvgIpc) is 3.47. The van der Waals surface area contributed by atoms with Gasteiger partial charge in [0.15, 0.2) is 11.5 Å². The normalized spacial score (nSPS) is 25.4. The van der Waals surface area contributed by atoms with Crippen LogP contribution in [0.4, 0.5) is 0 Å². The smallest absolute Gasteiger partial charge is 0.198 e. The lowest BCUT2D eigenvalue weighted by Crippen LogP contribution is -2.40. The summed E-state index contributed by atoms with van der Waals surface area (Å²) in [6.07, 6.45) is 7.79. The Morgan fingerprint density at radius 3 is 2.31 bits per heavy atom. The number of benzene rings is 2. The molecule has 1 aromatic heterocycles. The minimum Gasteiger partial charge on any atom is -0.440 e. The first kappa shape index (κ1) is 20.4. The number of rotatable bonds is 6. The van der Waals surface area contributed by atoms with Crippen LogP contribution in [-0.2, 0) is 6.54 Å². The second-order valence-corrected chi connectivity index (χ2v) is 10.4. The van der Waals surface area contributed by atoms with Gasteiger partial charge in [-0.2, -0.15) is 0 Å². The van der Waals surface area contributed by atoms with Crippen molar-refractivity contribution in [3.8, 4) is 0 Å². The zero-order chi connectivity index (χ0) is 21.3. The largest absolute Gasteiger partial charge is 0.440 e. The summed E-state index contributed by atoms with van der Waals surface area (Å²) >= 11 is 0. The van der Waals surface area contributed by atoms with E-state index in [9.17, 15) is 0 Å². The molecule has 32 heavy (non-hydrogen) atoms. The second-order valence-electron chi connectivity index (χ2n) is 10.4. The molecule has 0 spiro atoms. The van der Waals surface area contributed by atoms with Crippen LogP contribution in [0.15, 0.2) is 52.9 Å². The molecule has 1 aliphatic carbocycles. The molecule has 4 heteroatoms. The van der Waals surface area contributed by atoms with Crippen LogP contribution in [0.1, 0.15) is 67.4 Å². The van der Waals surface area contributed by atoms with E-state index in [4.69, 9.17) is 9.40 Å². The standard InChI is InChI=1S/C28H35N3O/c1-2-6-27-26(5-1)29-28(32-27)24-11-15-31(16-12-24)20-22-17-25(18-22)23-9-7-21(8-10-23)19-30-13-3-4-14-30/h1-2,5-10,22,24-25H,3-4,11-20H2. The monoisotopic (exact) mass is 429 g/mol. The van der Waals surface area contributed by atoms with Gasteiger partial charge in [-0.3, -0.25) is 4.90 Å². The van der Waals surface area contributed by atoms with Gasteiger partial charge in [0.1, 0.15) is 5.52 Å². The highest BCUT2D eigenvalue weighted by molar-refractivity contribution is 5.72. The van der Waals surface area contributed by atoms with Crippen LogP contribution in [0.3, 0.4) is 0 Å². The number of hydrogen-bond acceptors (Lipinski definition) is 4. The Bertz CT molecular complexity index is 989. The topological polar surface area (TPSA) is 32.5 Å². The molecule has 3 aromatic rings. The quantitative estimate of drug-likeness (QED) is 0.496. The van der Waals surface area contributed by atoms with E-state index < -0.39 is 0 Å². The molecule has 168 valence electrons. The number of para-hydroxylation sites is 2. The van der Waals surface area contributed by atoms with Gasteiger partial charge in [0.2, 0.25) is 0 Å². The molecule has 4 nitrogen and oxygen atoms in total. The number of fused-ring (bicyclic) bond motifs is 1. The predicted octanol–water partition coefficient (Wildman–Crippen LogP) is 5.80. The Hall–Kier alpha value is -2.17. The highest BCUT2D eigenvalue weighted by Gasteiger charge is 2.33. The lowest BCUT2D eigenvalue weighted by atomic mass is 9.71.